The summed E-state index contributed by atoms with van der Waals surface area (Å²) < 4.78 is 46.1. The smallest absolute Gasteiger partial charge is 0.416 e. The highest BCUT2D eigenvalue weighted by Gasteiger charge is 2.31. The molecule has 1 aliphatic rings. The molecule has 0 spiro atoms. The lowest BCUT2D eigenvalue weighted by molar-refractivity contribution is -0.137. The maximum absolute atomic E-state index is 13.2. The van der Waals surface area contributed by atoms with Crippen molar-refractivity contribution in [3.05, 3.63) is 65.6 Å². The maximum atomic E-state index is 13.2. The first kappa shape index (κ1) is 22.8. The second-order valence-corrected chi connectivity index (χ2v) is 8.10. The van der Waals surface area contributed by atoms with Crippen LogP contribution in [0.3, 0.4) is 0 Å². The SMILES string of the molecule is Cc1cc(-c2ncc3cc(C(F)(F)F)ccc3n2)ccc1N1CCOc2cn(CCO)nc2C1=O. The lowest BCUT2D eigenvalue weighted by Crippen LogP contribution is -2.33. The lowest BCUT2D eigenvalue weighted by atomic mass is 10.1. The standard InChI is InChI=1S/C24H20F3N5O3/c1-14-10-15(22-28-12-16-11-17(24(25,26)27)3-4-18(16)29-22)2-5-19(14)32-7-9-35-20-13-31(6-8-33)30-21(20)23(32)34/h2-5,10-13,33H,6-9H2,1H3. The van der Waals surface area contributed by atoms with Gasteiger partial charge in [-0.2, -0.15) is 18.3 Å². The summed E-state index contributed by atoms with van der Waals surface area (Å²) in [4.78, 5) is 23.5. The number of alkyl halides is 3. The van der Waals surface area contributed by atoms with E-state index in [1.807, 2.05) is 13.0 Å². The maximum Gasteiger partial charge on any atom is 0.416 e. The van der Waals surface area contributed by atoms with Crippen LogP contribution in [0.4, 0.5) is 18.9 Å². The minimum absolute atomic E-state index is 0.112. The van der Waals surface area contributed by atoms with Crippen LogP contribution in [0.2, 0.25) is 0 Å². The molecule has 0 fully saturated rings. The molecule has 0 aliphatic carbocycles. The van der Waals surface area contributed by atoms with E-state index in [9.17, 15) is 18.0 Å². The van der Waals surface area contributed by atoms with Crippen molar-refractivity contribution in [3.8, 4) is 17.1 Å². The number of aryl methyl sites for hydroxylation is 1. The number of halogens is 3. The first-order valence-electron chi connectivity index (χ1n) is 10.8. The van der Waals surface area contributed by atoms with Crippen LogP contribution >= 0.6 is 0 Å². The molecule has 8 nitrogen and oxygen atoms in total. The van der Waals surface area contributed by atoms with Crippen LogP contribution in [0.5, 0.6) is 5.75 Å². The Morgan fingerprint density at radius 3 is 2.74 bits per heavy atom. The second-order valence-electron chi connectivity index (χ2n) is 8.10. The van der Waals surface area contributed by atoms with E-state index >= 15 is 0 Å². The minimum atomic E-state index is -4.44. The van der Waals surface area contributed by atoms with Crippen LogP contribution in [-0.2, 0) is 12.7 Å². The molecule has 0 bridgehead atoms. The molecule has 5 rings (SSSR count). The topological polar surface area (TPSA) is 93.4 Å². The van der Waals surface area contributed by atoms with E-state index in [1.54, 1.807) is 23.2 Å². The molecule has 1 amide bonds. The van der Waals surface area contributed by atoms with Crippen LogP contribution in [0.25, 0.3) is 22.3 Å². The van der Waals surface area contributed by atoms with Crippen molar-refractivity contribution in [2.24, 2.45) is 0 Å². The average Bonchev–Trinajstić information content (AvgIpc) is 3.17. The molecule has 0 saturated heterocycles. The number of nitrogens with zero attached hydrogens (tertiary/aromatic N) is 5. The van der Waals surface area contributed by atoms with Gasteiger partial charge in [0.05, 0.1) is 37.0 Å². The summed E-state index contributed by atoms with van der Waals surface area (Å²) >= 11 is 0. The molecule has 0 radical (unpaired) electrons. The molecule has 3 heterocycles. The number of aliphatic hydroxyl groups excluding tert-OH is 1. The van der Waals surface area contributed by atoms with Crippen molar-refractivity contribution in [3.63, 3.8) is 0 Å². The van der Waals surface area contributed by atoms with E-state index in [-0.39, 0.29) is 31.4 Å². The third kappa shape index (κ3) is 4.30. The number of anilines is 1. The second kappa shape index (κ2) is 8.66. The van der Waals surface area contributed by atoms with Gasteiger partial charge in [-0.15, -0.1) is 0 Å². The highest BCUT2D eigenvalue weighted by atomic mass is 19.4. The van der Waals surface area contributed by atoms with Gasteiger partial charge in [0.15, 0.2) is 17.3 Å². The predicted molar refractivity (Wildman–Crippen MR) is 121 cm³/mol. The van der Waals surface area contributed by atoms with Crippen LogP contribution in [0.1, 0.15) is 21.6 Å². The molecule has 2 aromatic heterocycles. The number of carbonyl (C=O) groups excluding carboxylic acids is 1. The Labute approximate surface area is 197 Å². The summed E-state index contributed by atoms with van der Waals surface area (Å²) in [7, 11) is 0. The fraction of sp³-hybridized carbons (Fsp3) is 0.250. The molecule has 0 saturated carbocycles. The quantitative estimate of drug-likeness (QED) is 0.474. The molecule has 1 aliphatic heterocycles. The number of benzene rings is 2. The van der Waals surface area contributed by atoms with Gasteiger partial charge in [0.1, 0.15) is 6.61 Å². The van der Waals surface area contributed by atoms with Crippen molar-refractivity contribution < 1.29 is 27.8 Å². The highest BCUT2D eigenvalue weighted by Crippen LogP contribution is 2.33. The van der Waals surface area contributed by atoms with E-state index < -0.39 is 11.7 Å². The first-order chi connectivity index (χ1) is 16.7. The summed E-state index contributed by atoms with van der Waals surface area (Å²) in [6.07, 6.45) is -1.47. The summed E-state index contributed by atoms with van der Waals surface area (Å²) in [5.41, 5.74) is 1.94. The Bertz CT molecular complexity index is 1430. The fourth-order valence-electron chi connectivity index (χ4n) is 4.03. The Kier molecular flexibility index (Phi) is 5.64. The molecular weight excluding hydrogens is 463 g/mol. The van der Waals surface area contributed by atoms with Crippen molar-refractivity contribution in [1.29, 1.82) is 0 Å². The monoisotopic (exact) mass is 483 g/mol. The third-order valence-corrected chi connectivity index (χ3v) is 5.73. The van der Waals surface area contributed by atoms with Crippen LogP contribution < -0.4 is 9.64 Å². The van der Waals surface area contributed by atoms with Gasteiger partial charge in [-0.3, -0.25) is 9.48 Å². The number of hydrogen-bond donors (Lipinski definition) is 1. The number of aromatic nitrogens is 4. The number of aliphatic hydroxyl groups is 1. The molecule has 0 atom stereocenters. The predicted octanol–water partition coefficient (Wildman–Crippen LogP) is 3.85. The number of ether oxygens (including phenoxy) is 1. The van der Waals surface area contributed by atoms with Crippen LogP contribution in [0.15, 0.2) is 48.8 Å². The van der Waals surface area contributed by atoms with Gasteiger partial charge in [-0.1, -0.05) is 0 Å². The van der Waals surface area contributed by atoms with E-state index in [0.29, 0.717) is 40.3 Å². The zero-order valence-electron chi connectivity index (χ0n) is 18.6. The molecular formula is C24H20F3N5O3. The van der Waals surface area contributed by atoms with Gasteiger partial charge in [0, 0.05) is 22.8 Å². The number of hydrogen-bond acceptors (Lipinski definition) is 6. The Balaban J connectivity index is 1.45. The number of amides is 1. The lowest BCUT2D eigenvalue weighted by Gasteiger charge is -2.22. The van der Waals surface area contributed by atoms with Crippen molar-refractivity contribution in [1.82, 2.24) is 19.7 Å². The van der Waals surface area contributed by atoms with E-state index in [4.69, 9.17) is 9.84 Å². The highest BCUT2D eigenvalue weighted by molar-refractivity contribution is 6.07. The molecule has 1 N–H and O–H groups in total. The number of carbonyl (C=O) groups is 1. The van der Waals surface area contributed by atoms with Crippen molar-refractivity contribution in [2.75, 3.05) is 24.7 Å². The minimum Gasteiger partial charge on any atom is -0.488 e. The number of rotatable bonds is 4. The summed E-state index contributed by atoms with van der Waals surface area (Å²) in [5, 5.41) is 13.7. The Hall–Kier alpha value is -3.99. The fourth-order valence-corrected chi connectivity index (χ4v) is 4.03. The van der Waals surface area contributed by atoms with Gasteiger partial charge in [-0.05, 0) is 48.9 Å². The van der Waals surface area contributed by atoms with Gasteiger partial charge in [0.25, 0.3) is 5.91 Å². The zero-order valence-corrected chi connectivity index (χ0v) is 18.6. The normalized spacial score (nSPS) is 14.1. The first-order valence-corrected chi connectivity index (χ1v) is 10.8. The zero-order chi connectivity index (χ0) is 24.7. The summed E-state index contributed by atoms with van der Waals surface area (Å²) in [6.45, 7) is 2.58. The average molecular weight is 483 g/mol. The number of fused-ring (bicyclic) bond motifs is 2. The molecule has 0 unspecified atom stereocenters. The Morgan fingerprint density at radius 2 is 2.00 bits per heavy atom. The Morgan fingerprint density at radius 1 is 1.17 bits per heavy atom. The van der Waals surface area contributed by atoms with Crippen LogP contribution in [-0.4, -0.2) is 50.5 Å². The third-order valence-electron chi connectivity index (χ3n) is 5.73. The van der Waals surface area contributed by atoms with E-state index in [0.717, 1.165) is 17.7 Å². The van der Waals surface area contributed by atoms with Crippen LogP contribution in [0, 0.1) is 6.92 Å². The van der Waals surface area contributed by atoms with Gasteiger partial charge in [-0.25, -0.2) is 9.97 Å². The molecule has 35 heavy (non-hydrogen) atoms. The molecule has 4 aromatic rings. The molecule has 2 aromatic carbocycles. The van der Waals surface area contributed by atoms with Gasteiger partial charge >= 0.3 is 6.18 Å². The van der Waals surface area contributed by atoms with Gasteiger partial charge in [0.2, 0.25) is 0 Å². The summed E-state index contributed by atoms with van der Waals surface area (Å²) in [5.74, 6) is 0.424. The summed E-state index contributed by atoms with van der Waals surface area (Å²) in [6, 6.07) is 8.71. The largest absolute Gasteiger partial charge is 0.488 e. The molecule has 180 valence electrons. The van der Waals surface area contributed by atoms with Crippen molar-refractivity contribution >= 4 is 22.5 Å². The van der Waals surface area contributed by atoms with Gasteiger partial charge < -0.3 is 14.7 Å². The van der Waals surface area contributed by atoms with E-state index in [1.165, 1.54) is 16.9 Å². The van der Waals surface area contributed by atoms with E-state index in [2.05, 4.69) is 15.1 Å². The molecule has 11 heteroatoms. The van der Waals surface area contributed by atoms with Crippen molar-refractivity contribution in [2.45, 2.75) is 19.6 Å².